The molecule has 150 valence electrons. The number of likely N-dealkylation sites (tertiary alicyclic amines) is 1. The summed E-state index contributed by atoms with van der Waals surface area (Å²) < 4.78 is 0. The van der Waals surface area contributed by atoms with Crippen molar-refractivity contribution in [3.8, 4) is 0 Å². The van der Waals surface area contributed by atoms with E-state index in [1.54, 1.807) is 17.1 Å². The topological polar surface area (TPSA) is 146 Å². The van der Waals surface area contributed by atoms with Gasteiger partial charge in [0.05, 0.1) is 34.5 Å². The highest BCUT2D eigenvalue weighted by Gasteiger charge is 2.70. The van der Waals surface area contributed by atoms with Gasteiger partial charge in [-0.15, -0.1) is 0 Å². The third-order valence-electron chi connectivity index (χ3n) is 6.76. The number of rotatable bonds is 4. The first-order valence-electron chi connectivity index (χ1n) is 9.35. The molecule has 2 bridgehead atoms. The molecule has 29 heavy (non-hydrogen) atoms. The highest BCUT2D eigenvalue weighted by atomic mass is 16.6. The van der Waals surface area contributed by atoms with Crippen LogP contribution in [-0.2, 0) is 14.4 Å². The molecule has 2 saturated carbocycles. The number of nitrogens with zero attached hydrogens (tertiary/aromatic N) is 5. The third kappa shape index (κ3) is 2.21. The van der Waals surface area contributed by atoms with Crippen molar-refractivity contribution in [3.63, 3.8) is 0 Å². The predicted molar refractivity (Wildman–Crippen MR) is 95.5 cm³/mol. The zero-order valence-corrected chi connectivity index (χ0v) is 15.3. The van der Waals surface area contributed by atoms with E-state index in [0.29, 0.717) is 12.1 Å². The minimum absolute atomic E-state index is 0.0377. The first kappa shape index (κ1) is 17.7. The number of carboxylic acids is 1. The molecule has 1 saturated heterocycles. The Bertz CT molecular complexity index is 977. The molecule has 3 fully saturated rings. The minimum atomic E-state index is -1.22. The van der Waals surface area contributed by atoms with Crippen LogP contribution in [0.5, 0.6) is 0 Å². The lowest BCUT2D eigenvalue weighted by Crippen LogP contribution is -2.47. The van der Waals surface area contributed by atoms with Crippen molar-refractivity contribution in [2.75, 3.05) is 5.01 Å². The molecule has 2 amide bonds. The molecule has 11 heteroatoms. The van der Waals surface area contributed by atoms with Crippen LogP contribution >= 0.6 is 0 Å². The molecule has 1 aromatic rings. The summed E-state index contributed by atoms with van der Waals surface area (Å²) in [6.45, 7) is 1.34. The normalized spacial score (nSPS) is 35.2. The van der Waals surface area contributed by atoms with E-state index in [9.17, 15) is 29.6 Å². The Balaban J connectivity index is 1.45. The number of carbonyl (C=O) groups is 3. The van der Waals surface area contributed by atoms with E-state index >= 15 is 0 Å². The molecule has 2 aliphatic carbocycles. The van der Waals surface area contributed by atoms with Crippen molar-refractivity contribution in [3.05, 3.63) is 34.4 Å². The number of aliphatic carboxylic acids is 1. The van der Waals surface area contributed by atoms with Gasteiger partial charge in [-0.05, 0) is 37.3 Å². The fourth-order valence-electron chi connectivity index (χ4n) is 5.55. The quantitative estimate of drug-likeness (QED) is 0.455. The number of hydrogen-bond acceptors (Lipinski definition) is 8. The third-order valence-corrected chi connectivity index (χ3v) is 6.76. The Kier molecular flexibility index (Phi) is 3.55. The maximum Gasteiger partial charge on any atom is 0.326 e. The number of nitro groups is 1. The zero-order chi connectivity index (χ0) is 20.6. The van der Waals surface area contributed by atoms with Crippen LogP contribution in [0.15, 0.2) is 34.6 Å². The summed E-state index contributed by atoms with van der Waals surface area (Å²) in [5.74, 6) is -3.54. The van der Waals surface area contributed by atoms with E-state index in [2.05, 4.69) is 10.3 Å². The maximum atomic E-state index is 13.0. The van der Waals surface area contributed by atoms with Crippen molar-refractivity contribution in [1.82, 2.24) is 4.90 Å². The van der Waals surface area contributed by atoms with Crippen molar-refractivity contribution < 1.29 is 24.4 Å². The van der Waals surface area contributed by atoms with Gasteiger partial charge < -0.3 is 5.11 Å². The SMILES string of the molecule is C[C@H](C(=O)O)N1C(=O)[C@H]2[C@@H]3C[C@@H]([C@@H]2C1=O)[C@@H]1[C@@H]3N=NN1c1ccc([N+](=O)[O-])cc1. The molecule has 2 heterocycles. The fraction of sp³-hybridized carbons (Fsp3) is 0.500. The molecule has 11 nitrogen and oxygen atoms in total. The minimum Gasteiger partial charge on any atom is -0.480 e. The van der Waals surface area contributed by atoms with Crippen molar-refractivity contribution in [1.29, 1.82) is 0 Å². The number of carboxylic acid groups (broad SMARTS) is 1. The molecular weight excluding hydrogens is 382 g/mol. The Morgan fingerprint density at radius 3 is 2.41 bits per heavy atom. The van der Waals surface area contributed by atoms with E-state index in [1.807, 2.05) is 0 Å². The smallest absolute Gasteiger partial charge is 0.326 e. The molecule has 2 aliphatic heterocycles. The Hall–Kier alpha value is -3.37. The van der Waals surface area contributed by atoms with Crippen LogP contribution in [0.3, 0.4) is 0 Å². The van der Waals surface area contributed by atoms with Gasteiger partial charge in [0.25, 0.3) is 5.69 Å². The molecular formula is C18H17N5O6. The lowest BCUT2D eigenvalue weighted by atomic mass is 9.76. The van der Waals surface area contributed by atoms with E-state index in [0.717, 1.165) is 4.90 Å². The summed E-state index contributed by atoms with van der Waals surface area (Å²) in [7, 11) is 0. The second kappa shape index (κ2) is 5.82. The Morgan fingerprint density at radius 1 is 1.21 bits per heavy atom. The number of anilines is 1. The zero-order valence-electron chi connectivity index (χ0n) is 15.3. The molecule has 4 aliphatic rings. The second-order valence-corrected chi connectivity index (χ2v) is 7.98. The van der Waals surface area contributed by atoms with E-state index < -0.39 is 40.6 Å². The highest BCUT2D eigenvalue weighted by molar-refractivity contribution is 6.08. The number of amides is 2. The van der Waals surface area contributed by atoms with Gasteiger partial charge in [-0.1, -0.05) is 5.22 Å². The lowest BCUT2D eigenvalue weighted by molar-refractivity contribution is -0.384. The van der Waals surface area contributed by atoms with Crippen LogP contribution < -0.4 is 5.01 Å². The van der Waals surface area contributed by atoms with Gasteiger partial charge in [-0.3, -0.25) is 24.6 Å². The number of non-ortho nitro benzene ring substituents is 1. The summed E-state index contributed by atoms with van der Waals surface area (Å²) >= 11 is 0. The first-order chi connectivity index (χ1) is 13.8. The van der Waals surface area contributed by atoms with E-state index in [1.165, 1.54) is 19.1 Å². The number of carbonyl (C=O) groups excluding carboxylic acids is 2. The van der Waals surface area contributed by atoms with Crippen molar-refractivity contribution >= 4 is 29.2 Å². The second-order valence-electron chi connectivity index (χ2n) is 7.98. The molecule has 5 rings (SSSR count). The maximum absolute atomic E-state index is 13.0. The van der Waals surface area contributed by atoms with Crippen LogP contribution in [0.2, 0.25) is 0 Å². The standard InChI is InChI=1S/C18H17N5O6/c1-7(18(26)27)21-16(24)12-10-6-11(13(12)17(21)25)15-14(10)19-20-22(15)8-2-4-9(5-3-8)23(28)29/h2-5,7,10-15H,6H2,1H3,(H,26,27)/t7-,10+,11+,12+,13+,14-,15-/m1/s1. The summed E-state index contributed by atoms with van der Waals surface area (Å²) in [5.41, 5.74) is 0.591. The lowest BCUT2D eigenvalue weighted by Gasteiger charge is -2.33. The van der Waals surface area contributed by atoms with E-state index in [-0.39, 0.29) is 29.6 Å². The number of imide groups is 1. The van der Waals surface area contributed by atoms with Crippen molar-refractivity contribution in [2.24, 2.45) is 34.0 Å². The number of fused-ring (bicyclic) bond motifs is 8. The monoisotopic (exact) mass is 399 g/mol. The number of benzene rings is 1. The van der Waals surface area contributed by atoms with E-state index in [4.69, 9.17) is 0 Å². The molecule has 1 N–H and O–H groups in total. The molecule has 0 spiro atoms. The first-order valence-corrected chi connectivity index (χ1v) is 9.35. The van der Waals surface area contributed by atoms with Gasteiger partial charge in [0.1, 0.15) is 6.04 Å². The fourth-order valence-corrected chi connectivity index (χ4v) is 5.55. The van der Waals surface area contributed by atoms with Crippen LogP contribution in [0.4, 0.5) is 11.4 Å². The van der Waals surface area contributed by atoms with Gasteiger partial charge in [0.2, 0.25) is 11.8 Å². The molecule has 0 aromatic heterocycles. The van der Waals surface area contributed by atoms with Gasteiger partial charge in [0.15, 0.2) is 0 Å². The average Bonchev–Trinajstić information content (AvgIpc) is 3.41. The molecule has 7 atom stereocenters. The Morgan fingerprint density at radius 2 is 1.83 bits per heavy atom. The molecule has 1 aromatic carbocycles. The van der Waals surface area contributed by atoms with Crippen LogP contribution in [0.25, 0.3) is 0 Å². The van der Waals surface area contributed by atoms with Gasteiger partial charge >= 0.3 is 5.97 Å². The summed E-state index contributed by atoms with van der Waals surface area (Å²) in [4.78, 5) is 48.5. The van der Waals surface area contributed by atoms with Gasteiger partial charge in [0, 0.05) is 12.1 Å². The average molecular weight is 399 g/mol. The summed E-state index contributed by atoms with van der Waals surface area (Å²) in [6, 6.07) is 4.26. The summed E-state index contributed by atoms with van der Waals surface area (Å²) in [6.07, 6.45) is 0.653. The van der Waals surface area contributed by atoms with Gasteiger partial charge in [-0.25, -0.2) is 9.80 Å². The Labute approximate surface area is 164 Å². The van der Waals surface area contributed by atoms with Gasteiger partial charge in [-0.2, -0.15) is 5.11 Å². The molecule has 0 radical (unpaired) electrons. The largest absolute Gasteiger partial charge is 0.480 e. The number of hydrogen-bond donors (Lipinski definition) is 1. The summed E-state index contributed by atoms with van der Waals surface area (Å²) in [5, 5.41) is 30.4. The predicted octanol–water partition coefficient (Wildman–Crippen LogP) is 1.24. The van der Waals surface area contributed by atoms with Crippen LogP contribution in [0.1, 0.15) is 13.3 Å². The highest BCUT2D eigenvalue weighted by Crippen LogP contribution is 2.60. The number of nitro benzene ring substituents is 1. The molecule has 0 unspecified atom stereocenters. The van der Waals surface area contributed by atoms with Crippen LogP contribution in [0, 0.1) is 33.8 Å². The van der Waals surface area contributed by atoms with Crippen LogP contribution in [-0.4, -0.2) is 50.8 Å². The van der Waals surface area contributed by atoms with Crippen molar-refractivity contribution in [2.45, 2.75) is 31.5 Å².